The molecule has 2 rings (SSSR count). The largest absolute Gasteiger partial charge is 0.497 e. The van der Waals surface area contributed by atoms with Crippen LogP contribution in [0, 0.1) is 5.82 Å². The Morgan fingerprint density at radius 1 is 1.09 bits per heavy atom. The first-order chi connectivity index (χ1) is 11.0. The van der Waals surface area contributed by atoms with E-state index in [1.54, 1.807) is 26.0 Å². The molecule has 2 aromatic carbocycles. The first kappa shape index (κ1) is 16.8. The summed E-state index contributed by atoms with van der Waals surface area (Å²) in [5, 5.41) is 0. The molecule has 0 fully saturated rings. The van der Waals surface area contributed by atoms with Crippen LogP contribution in [0.2, 0.25) is 0 Å². The van der Waals surface area contributed by atoms with Crippen molar-refractivity contribution >= 4 is 5.91 Å². The van der Waals surface area contributed by atoms with Gasteiger partial charge in [-0.3, -0.25) is 4.79 Å². The number of hydrogen-bond acceptors (Lipinski definition) is 3. The maximum Gasteiger partial charge on any atom is 0.263 e. The van der Waals surface area contributed by atoms with Gasteiger partial charge in [0.15, 0.2) is 6.10 Å². The lowest BCUT2D eigenvalue weighted by atomic mass is 10.2. The monoisotopic (exact) mass is 317 g/mol. The molecule has 0 saturated carbocycles. The minimum atomic E-state index is -0.649. The average Bonchev–Trinajstić information content (AvgIpc) is 2.56. The number of amides is 1. The second kappa shape index (κ2) is 7.63. The first-order valence-electron chi connectivity index (χ1n) is 7.29. The van der Waals surface area contributed by atoms with Gasteiger partial charge in [0.25, 0.3) is 5.91 Å². The van der Waals surface area contributed by atoms with Crippen molar-refractivity contribution in [2.75, 3.05) is 14.2 Å². The lowest BCUT2D eigenvalue weighted by Gasteiger charge is -2.22. The van der Waals surface area contributed by atoms with Crippen molar-refractivity contribution in [3.8, 4) is 11.5 Å². The van der Waals surface area contributed by atoms with Crippen molar-refractivity contribution in [2.24, 2.45) is 0 Å². The molecule has 0 aliphatic heterocycles. The van der Waals surface area contributed by atoms with Crippen molar-refractivity contribution in [1.29, 1.82) is 0 Å². The molecule has 0 bridgehead atoms. The predicted molar refractivity (Wildman–Crippen MR) is 86.0 cm³/mol. The van der Waals surface area contributed by atoms with E-state index in [0.29, 0.717) is 12.3 Å². The van der Waals surface area contributed by atoms with Crippen LogP contribution in [0.25, 0.3) is 0 Å². The number of benzene rings is 2. The van der Waals surface area contributed by atoms with Gasteiger partial charge in [0.1, 0.15) is 17.3 Å². The maximum atomic E-state index is 12.9. The lowest BCUT2D eigenvalue weighted by Crippen LogP contribution is -2.37. The Bertz CT molecular complexity index is 640. The van der Waals surface area contributed by atoms with Gasteiger partial charge in [0.2, 0.25) is 0 Å². The van der Waals surface area contributed by atoms with Crippen LogP contribution in [0.4, 0.5) is 4.39 Å². The van der Waals surface area contributed by atoms with Gasteiger partial charge in [0, 0.05) is 13.6 Å². The first-order valence-corrected chi connectivity index (χ1v) is 7.29. The molecule has 2 aromatic rings. The zero-order valence-corrected chi connectivity index (χ0v) is 13.5. The van der Waals surface area contributed by atoms with Gasteiger partial charge in [0.05, 0.1) is 7.11 Å². The zero-order valence-electron chi connectivity index (χ0n) is 13.5. The van der Waals surface area contributed by atoms with Crippen molar-refractivity contribution in [2.45, 2.75) is 19.6 Å². The number of nitrogens with zero attached hydrogens (tertiary/aromatic N) is 1. The van der Waals surface area contributed by atoms with Crippen LogP contribution in [-0.2, 0) is 11.3 Å². The number of hydrogen-bond donors (Lipinski definition) is 0. The van der Waals surface area contributed by atoms with Crippen molar-refractivity contribution in [3.05, 3.63) is 59.9 Å². The Labute approximate surface area is 135 Å². The Hall–Kier alpha value is -2.56. The summed E-state index contributed by atoms with van der Waals surface area (Å²) in [7, 11) is 3.33. The fraction of sp³-hybridized carbons (Fsp3) is 0.278. The fourth-order valence-electron chi connectivity index (χ4n) is 2.16. The van der Waals surface area contributed by atoms with E-state index < -0.39 is 6.10 Å². The highest BCUT2D eigenvalue weighted by atomic mass is 19.1. The number of rotatable bonds is 6. The summed E-state index contributed by atoms with van der Waals surface area (Å²) < 4.78 is 23.5. The molecule has 1 atom stereocenters. The van der Waals surface area contributed by atoms with Crippen LogP contribution in [-0.4, -0.2) is 31.1 Å². The quantitative estimate of drug-likeness (QED) is 0.821. The number of halogens is 1. The molecule has 5 heteroatoms. The maximum absolute atomic E-state index is 12.9. The molecule has 1 amide bonds. The predicted octanol–water partition coefficient (Wildman–Crippen LogP) is 3.26. The van der Waals surface area contributed by atoms with Crippen molar-refractivity contribution in [3.63, 3.8) is 0 Å². The summed E-state index contributed by atoms with van der Waals surface area (Å²) in [5.41, 5.74) is 0.996. The van der Waals surface area contributed by atoms with Crippen LogP contribution in [0.5, 0.6) is 11.5 Å². The van der Waals surface area contributed by atoms with Crippen LogP contribution < -0.4 is 9.47 Å². The van der Waals surface area contributed by atoms with Crippen LogP contribution in [0.3, 0.4) is 0 Å². The Morgan fingerprint density at radius 2 is 1.65 bits per heavy atom. The molecule has 0 saturated heterocycles. The Kier molecular flexibility index (Phi) is 5.57. The second-order valence-corrected chi connectivity index (χ2v) is 5.26. The third-order valence-corrected chi connectivity index (χ3v) is 3.43. The van der Waals surface area contributed by atoms with Gasteiger partial charge in [-0.1, -0.05) is 12.1 Å². The number of ether oxygens (including phenoxy) is 2. The number of methoxy groups -OCH3 is 1. The van der Waals surface area contributed by atoms with E-state index in [1.807, 2.05) is 24.3 Å². The number of carbonyl (C=O) groups is 1. The molecule has 0 radical (unpaired) electrons. The third-order valence-electron chi connectivity index (χ3n) is 3.43. The minimum absolute atomic E-state index is 0.148. The second-order valence-electron chi connectivity index (χ2n) is 5.26. The molecule has 0 aliphatic carbocycles. The summed E-state index contributed by atoms with van der Waals surface area (Å²) in [6, 6.07) is 13.1. The van der Waals surface area contributed by atoms with E-state index in [0.717, 1.165) is 11.3 Å². The fourth-order valence-corrected chi connectivity index (χ4v) is 2.16. The Balaban J connectivity index is 1.93. The normalized spacial score (nSPS) is 11.7. The molecule has 23 heavy (non-hydrogen) atoms. The van der Waals surface area contributed by atoms with Gasteiger partial charge in [-0.15, -0.1) is 0 Å². The average molecular weight is 317 g/mol. The standard InChI is InChI=1S/C18H20FNO3/c1-13(23-17-10-6-15(19)7-11-17)18(21)20(2)12-14-4-8-16(22-3)9-5-14/h4-11,13H,12H2,1-3H3/t13-/m1/s1. The van der Waals surface area contributed by atoms with E-state index in [4.69, 9.17) is 9.47 Å². The highest BCUT2D eigenvalue weighted by molar-refractivity contribution is 5.80. The Morgan fingerprint density at radius 3 is 2.22 bits per heavy atom. The minimum Gasteiger partial charge on any atom is -0.497 e. The summed E-state index contributed by atoms with van der Waals surface area (Å²) in [6.07, 6.45) is -0.649. The smallest absolute Gasteiger partial charge is 0.263 e. The summed E-state index contributed by atoms with van der Waals surface area (Å²) >= 11 is 0. The van der Waals surface area contributed by atoms with Crippen LogP contribution in [0.1, 0.15) is 12.5 Å². The number of carbonyl (C=O) groups excluding carboxylic acids is 1. The molecule has 0 aliphatic rings. The summed E-state index contributed by atoms with van der Waals surface area (Å²) in [6.45, 7) is 2.15. The number of likely N-dealkylation sites (N-methyl/N-ethyl adjacent to an activating group) is 1. The highest BCUT2D eigenvalue weighted by Gasteiger charge is 2.19. The van der Waals surface area contributed by atoms with E-state index in [-0.39, 0.29) is 11.7 Å². The molecular formula is C18H20FNO3. The molecule has 0 spiro atoms. The van der Waals surface area contributed by atoms with Crippen LogP contribution in [0.15, 0.2) is 48.5 Å². The summed E-state index contributed by atoms with van der Waals surface area (Å²) in [4.78, 5) is 13.9. The molecule has 0 heterocycles. The summed E-state index contributed by atoms with van der Waals surface area (Å²) in [5.74, 6) is 0.749. The van der Waals surface area contributed by atoms with Crippen LogP contribution >= 0.6 is 0 Å². The van der Waals surface area contributed by atoms with Crippen molar-refractivity contribution < 1.29 is 18.7 Å². The van der Waals surface area contributed by atoms with Crippen molar-refractivity contribution in [1.82, 2.24) is 4.90 Å². The SMILES string of the molecule is COc1ccc(CN(C)C(=O)[C@@H](C)Oc2ccc(F)cc2)cc1. The molecule has 4 nitrogen and oxygen atoms in total. The molecule has 0 unspecified atom stereocenters. The van der Waals surface area contributed by atoms with E-state index >= 15 is 0 Å². The highest BCUT2D eigenvalue weighted by Crippen LogP contribution is 2.15. The van der Waals surface area contributed by atoms with Gasteiger partial charge in [-0.2, -0.15) is 0 Å². The lowest BCUT2D eigenvalue weighted by molar-refractivity contribution is -0.137. The van der Waals surface area contributed by atoms with E-state index in [9.17, 15) is 9.18 Å². The van der Waals surface area contributed by atoms with E-state index in [2.05, 4.69) is 0 Å². The molecule has 0 N–H and O–H groups in total. The topological polar surface area (TPSA) is 38.8 Å². The van der Waals surface area contributed by atoms with Gasteiger partial charge < -0.3 is 14.4 Å². The molecule has 0 aromatic heterocycles. The van der Waals surface area contributed by atoms with Gasteiger partial charge in [-0.25, -0.2) is 4.39 Å². The molecular weight excluding hydrogens is 297 g/mol. The van der Waals surface area contributed by atoms with Gasteiger partial charge >= 0.3 is 0 Å². The van der Waals surface area contributed by atoms with Gasteiger partial charge in [-0.05, 0) is 48.9 Å². The zero-order chi connectivity index (χ0) is 16.8. The third kappa shape index (κ3) is 4.71. The molecule has 122 valence electrons. The van der Waals surface area contributed by atoms with E-state index in [1.165, 1.54) is 24.3 Å².